The number of halogens is 1. The standard InChI is InChI=1S/C20H23FN2O3S/c1-14-10-15(2)13-23(12-14)20(24)16-6-8-18(9-7-16)22-27(25,26)19-5-3-4-17(21)11-19/h3-9,11,14-15,22H,10,12-13H2,1-2H3. The van der Waals surface area contributed by atoms with Crippen LogP contribution in [0.4, 0.5) is 10.1 Å². The van der Waals surface area contributed by atoms with Crippen molar-refractivity contribution in [2.45, 2.75) is 25.2 Å². The third-order valence-corrected chi connectivity index (χ3v) is 6.03. The van der Waals surface area contributed by atoms with Gasteiger partial charge < -0.3 is 4.90 Å². The van der Waals surface area contributed by atoms with Crippen molar-refractivity contribution in [2.24, 2.45) is 11.8 Å². The molecule has 1 aliphatic heterocycles. The second-order valence-corrected chi connectivity index (χ2v) is 8.98. The summed E-state index contributed by atoms with van der Waals surface area (Å²) in [6.45, 7) is 5.74. The lowest BCUT2D eigenvalue weighted by molar-refractivity contribution is 0.0623. The van der Waals surface area contributed by atoms with Crippen LogP contribution in [0.2, 0.25) is 0 Å². The van der Waals surface area contributed by atoms with Crippen LogP contribution in [0.15, 0.2) is 53.4 Å². The number of amides is 1. The fourth-order valence-electron chi connectivity index (χ4n) is 3.54. The van der Waals surface area contributed by atoms with Gasteiger partial charge in [0, 0.05) is 24.3 Å². The van der Waals surface area contributed by atoms with Gasteiger partial charge in [-0.15, -0.1) is 0 Å². The Bertz CT molecular complexity index is 918. The van der Waals surface area contributed by atoms with Gasteiger partial charge in [-0.2, -0.15) is 0 Å². The number of hydrogen-bond donors (Lipinski definition) is 1. The zero-order valence-electron chi connectivity index (χ0n) is 15.4. The molecule has 1 amide bonds. The summed E-state index contributed by atoms with van der Waals surface area (Å²) in [7, 11) is -3.89. The number of piperidine rings is 1. The molecule has 3 rings (SSSR count). The van der Waals surface area contributed by atoms with E-state index >= 15 is 0 Å². The van der Waals surface area contributed by atoms with Gasteiger partial charge in [-0.05, 0) is 60.7 Å². The minimum absolute atomic E-state index is 0.0482. The van der Waals surface area contributed by atoms with Gasteiger partial charge >= 0.3 is 0 Å². The molecule has 0 spiro atoms. The van der Waals surface area contributed by atoms with Crippen LogP contribution in [0, 0.1) is 17.7 Å². The number of carbonyl (C=O) groups excluding carboxylic acids is 1. The molecule has 2 aromatic carbocycles. The van der Waals surface area contributed by atoms with E-state index in [0.29, 0.717) is 23.1 Å². The Morgan fingerprint density at radius 1 is 1.07 bits per heavy atom. The minimum Gasteiger partial charge on any atom is -0.338 e. The van der Waals surface area contributed by atoms with Crippen molar-refractivity contribution in [1.29, 1.82) is 0 Å². The molecular formula is C20H23FN2O3S. The molecule has 1 fully saturated rings. The molecule has 1 N–H and O–H groups in total. The highest BCUT2D eigenvalue weighted by molar-refractivity contribution is 7.92. The number of sulfonamides is 1. The van der Waals surface area contributed by atoms with Crippen LogP contribution in [0.3, 0.4) is 0 Å². The number of benzene rings is 2. The molecule has 2 atom stereocenters. The van der Waals surface area contributed by atoms with Crippen LogP contribution in [0.1, 0.15) is 30.6 Å². The monoisotopic (exact) mass is 390 g/mol. The van der Waals surface area contributed by atoms with Crippen molar-refractivity contribution >= 4 is 21.6 Å². The smallest absolute Gasteiger partial charge is 0.261 e. The van der Waals surface area contributed by atoms with Crippen molar-refractivity contribution in [1.82, 2.24) is 4.90 Å². The maximum absolute atomic E-state index is 13.3. The molecular weight excluding hydrogens is 367 g/mol. The van der Waals surface area contributed by atoms with E-state index in [2.05, 4.69) is 18.6 Å². The van der Waals surface area contributed by atoms with Crippen LogP contribution in [-0.4, -0.2) is 32.3 Å². The number of likely N-dealkylation sites (tertiary alicyclic amines) is 1. The first-order valence-corrected chi connectivity index (χ1v) is 10.4. The van der Waals surface area contributed by atoms with Crippen molar-refractivity contribution in [3.05, 3.63) is 59.9 Å². The van der Waals surface area contributed by atoms with Crippen molar-refractivity contribution < 1.29 is 17.6 Å². The lowest BCUT2D eigenvalue weighted by Gasteiger charge is -2.35. The molecule has 1 aliphatic rings. The fraction of sp³-hybridized carbons (Fsp3) is 0.350. The Hall–Kier alpha value is -2.41. The van der Waals surface area contributed by atoms with Gasteiger partial charge in [0.05, 0.1) is 4.90 Å². The fourth-order valence-corrected chi connectivity index (χ4v) is 4.63. The first-order chi connectivity index (χ1) is 12.7. The second kappa shape index (κ2) is 7.68. The van der Waals surface area contributed by atoms with E-state index < -0.39 is 15.8 Å². The van der Waals surface area contributed by atoms with Crippen molar-refractivity contribution in [3.8, 4) is 0 Å². The molecule has 1 saturated heterocycles. The van der Waals surface area contributed by atoms with Crippen molar-refractivity contribution in [3.63, 3.8) is 0 Å². The number of anilines is 1. The number of nitrogens with zero attached hydrogens (tertiary/aromatic N) is 1. The summed E-state index contributed by atoms with van der Waals surface area (Å²) in [5.41, 5.74) is 0.834. The highest BCUT2D eigenvalue weighted by atomic mass is 32.2. The Morgan fingerprint density at radius 2 is 1.70 bits per heavy atom. The normalized spacial score (nSPS) is 20.3. The molecule has 7 heteroatoms. The van der Waals surface area contributed by atoms with E-state index in [-0.39, 0.29) is 10.8 Å². The number of nitrogens with one attached hydrogen (secondary N) is 1. The van der Waals surface area contributed by atoms with Crippen LogP contribution in [0.5, 0.6) is 0 Å². The van der Waals surface area contributed by atoms with Crippen LogP contribution >= 0.6 is 0 Å². The van der Waals surface area contributed by atoms with E-state index in [1.54, 1.807) is 24.3 Å². The molecule has 0 bridgehead atoms. The quantitative estimate of drug-likeness (QED) is 0.865. The van der Waals surface area contributed by atoms with E-state index in [0.717, 1.165) is 25.6 Å². The molecule has 27 heavy (non-hydrogen) atoms. The molecule has 5 nitrogen and oxygen atoms in total. The topological polar surface area (TPSA) is 66.5 Å². The molecule has 144 valence electrons. The van der Waals surface area contributed by atoms with Gasteiger partial charge in [-0.3, -0.25) is 9.52 Å². The predicted molar refractivity (Wildman–Crippen MR) is 102 cm³/mol. The molecule has 0 saturated carbocycles. The van der Waals surface area contributed by atoms with Gasteiger partial charge in [0.15, 0.2) is 0 Å². The van der Waals surface area contributed by atoms with E-state index in [4.69, 9.17) is 0 Å². The summed E-state index contributed by atoms with van der Waals surface area (Å²) in [4.78, 5) is 14.4. The summed E-state index contributed by atoms with van der Waals surface area (Å²) in [5.74, 6) is 0.266. The Morgan fingerprint density at radius 3 is 2.30 bits per heavy atom. The van der Waals surface area contributed by atoms with Gasteiger partial charge in [-0.25, -0.2) is 12.8 Å². The van der Waals surface area contributed by atoms with Gasteiger partial charge in [0.2, 0.25) is 0 Å². The van der Waals surface area contributed by atoms with Crippen LogP contribution in [0.25, 0.3) is 0 Å². The maximum atomic E-state index is 13.3. The van der Waals surface area contributed by atoms with Gasteiger partial charge in [0.25, 0.3) is 15.9 Å². The Balaban J connectivity index is 1.72. The molecule has 1 heterocycles. The zero-order valence-corrected chi connectivity index (χ0v) is 16.2. The summed E-state index contributed by atoms with van der Waals surface area (Å²) in [6, 6.07) is 11.1. The molecule has 0 radical (unpaired) electrons. The summed E-state index contributed by atoms with van der Waals surface area (Å²) >= 11 is 0. The summed E-state index contributed by atoms with van der Waals surface area (Å²) in [5, 5.41) is 0. The van der Waals surface area contributed by atoms with Crippen LogP contribution < -0.4 is 4.72 Å². The Labute approximate surface area is 159 Å². The lowest BCUT2D eigenvalue weighted by atomic mass is 9.91. The maximum Gasteiger partial charge on any atom is 0.261 e. The van der Waals surface area contributed by atoms with E-state index in [1.165, 1.54) is 18.2 Å². The first-order valence-electron chi connectivity index (χ1n) is 8.92. The minimum atomic E-state index is -3.89. The van der Waals surface area contributed by atoms with E-state index in [9.17, 15) is 17.6 Å². The van der Waals surface area contributed by atoms with Gasteiger partial charge in [0.1, 0.15) is 5.82 Å². The van der Waals surface area contributed by atoms with Crippen molar-refractivity contribution in [2.75, 3.05) is 17.8 Å². The summed E-state index contributed by atoms with van der Waals surface area (Å²) in [6.07, 6.45) is 1.12. The summed E-state index contributed by atoms with van der Waals surface area (Å²) < 4.78 is 40.4. The number of carbonyl (C=O) groups is 1. The molecule has 0 aliphatic carbocycles. The SMILES string of the molecule is CC1CC(C)CN(C(=O)c2ccc(NS(=O)(=O)c3cccc(F)c3)cc2)C1. The molecule has 0 aromatic heterocycles. The van der Waals surface area contributed by atoms with Crippen LogP contribution in [-0.2, 0) is 10.0 Å². The number of hydrogen-bond acceptors (Lipinski definition) is 3. The second-order valence-electron chi connectivity index (χ2n) is 7.30. The van der Waals surface area contributed by atoms with E-state index in [1.807, 2.05) is 4.90 Å². The molecule has 2 aromatic rings. The lowest BCUT2D eigenvalue weighted by Crippen LogP contribution is -2.42. The third-order valence-electron chi connectivity index (χ3n) is 4.65. The Kier molecular flexibility index (Phi) is 5.51. The predicted octanol–water partition coefficient (Wildman–Crippen LogP) is 3.74. The highest BCUT2D eigenvalue weighted by Gasteiger charge is 2.26. The average Bonchev–Trinajstić information content (AvgIpc) is 2.60. The number of rotatable bonds is 4. The van der Waals surface area contributed by atoms with Gasteiger partial charge in [-0.1, -0.05) is 19.9 Å². The first kappa shape index (κ1) is 19.4. The molecule has 2 unspecified atom stereocenters. The third kappa shape index (κ3) is 4.66. The zero-order chi connectivity index (χ0) is 19.6. The largest absolute Gasteiger partial charge is 0.338 e. The average molecular weight is 390 g/mol. The highest BCUT2D eigenvalue weighted by Crippen LogP contribution is 2.23.